The van der Waals surface area contributed by atoms with Crippen LogP contribution >= 0.6 is 0 Å². The predicted octanol–water partition coefficient (Wildman–Crippen LogP) is 2.13. The Balaban J connectivity index is 2.56. The monoisotopic (exact) mass is 275 g/mol. The molecule has 0 amide bonds. The molecule has 0 atom stereocenters. The second-order valence-corrected chi connectivity index (χ2v) is 4.17. The van der Waals surface area contributed by atoms with Crippen molar-refractivity contribution in [3.05, 3.63) is 34.9 Å². The van der Waals surface area contributed by atoms with Crippen LogP contribution in [0.15, 0.2) is 23.4 Å². The lowest BCUT2D eigenvalue weighted by atomic mass is 10.0. The molecule has 0 unspecified atom stereocenters. The van der Waals surface area contributed by atoms with Crippen LogP contribution in [0.4, 0.5) is 13.2 Å². The van der Waals surface area contributed by atoms with Crippen molar-refractivity contribution < 1.29 is 18.4 Å². The van der Waals surface area contributed by atoms with Gasteiger partial charge in [-0.25, -0.2) is 0 Å². The van der Waals surface area contributed by atoms with Crippen molar-refractivity contribution in [2.75, 3.05) is 6.54 Å². The second kappa shape index (κ2) is 6.42. The Morgan fingerprint density at radius 1 is 1.42 bits per heavy atom. The lowest BCUT2D eigenvalue weighted by Gasteiger charge is -2.10. The van der Waals surface area contributed by atoms with Gasteiger partial charge in [-0.3, -0.25) is 0 Å². The quantitative estimate of drug-likeness (QED) is 0.253. The number of rotatable bonds is 5. The van der Waals surface area contributed by atoms with Gasteiger partial charge in [-0.1, -0.05) is 17.3 Å². The molecule has 0 aliphatic rings. The fourth-order valence-corrected chi connectivity index (χ4v) is 1.56. The van der Waals surface area contributed by atoms with Crippen molar-refractivity contribution in [1.29, 1.82) is 0 Å². The smallest absolute Gasteiger partial charge is 0.390 e. The number of hydrogen-bond acceptors (Lipinski definition) is 3. The van der Waals surface area contributed by atoms with Gasteiger partial charge in [0.2, 0.25) is 0 Å². The molecule has 0 bridgehead atoms. The molecule has 19 heavy (non-hydrogen) atoms. The summed E-state index contributed by atoms with van der Waals surface area (Å²) in [5, 5.41) is 14.2. The molecule has 1 aromatic carbocycles. The maximum Gasteiger partial charge on any atom is 0.390 e. The molecular formula is C12H16F3N3O. The Morgan fingerprint density at radius 2 is 2.11 bits per heavy atom. The molecule has 1 rings (SSSR count). The Morgan fingerprint density at radius 3 is 2.63 bits per heavy atom. The number of oxime groups is 1. The number of aryl methyl sites for hydroxylation is 1. The van der Waals surface area contributed by atoms with Crippen LogP contribution in [-0.2, 0) is 6.54 Å². The molecule has 0 spiro atoms. The Kier molecular flexibility index (Phi) is 5.17. The minimum Gasteiger partial charge on any atom is -0.409 e. The first-order valence-electron chi connectivity index (χ1n) is 5.68. The number of hydrogen-bond donors (Lipinski definition) is 3. The summed E-state index contributed by atoms with van der Waals surface area (Å²) >= 11 is 0. The SMILES string of the molecule is Cc1cc(/C(N)=N/O)ccc1CNCCC(F)(F)F. The van der Waals surface area contributed by atoms with Gasteiger partial charge < -0.3 is 16.3 Å². The van der Waals surface area contributed by atoms with Crippen molar-refractivity contribution in [2.45, 2.75) is 26.1 Å². The van der Waals surface area contributed by atoms with E-state index in [0.717, 1.165) is 11.1 Å². The van der Waals surface area contributed by atoms with E-state index in [-0.39, 0.29) is 12.4 Å². The van der Waals surface area contributed by atoms with E-state index >= 15 is 0 Å². The molecule has 4 nitrogen and oxygen atoms in total. The van der Waals surface area contributed by atoms with E-state index < -0.39 is 12.6 Å². The zero-order valence-electron chi connectivity index (χ0n) is 10.5. The summed E-state index contributed by atoms with van der Waals surface area (Å²) in [6.07, 6.45) is -4.99. The predicted molar refractivity (Wildman–Crippen MR) is 66.1 cm³/mol. The highest BCUT2D eigenvalue weighted by Crippen LogP contribution is 2.18. The van der Waals surface area contributed by atoms with E-state index in [2.05, 4.69) is 10.5 Å². The number of nitrogens with two attached hydrogens (primary N) is 1. The summed E-state index contributed by atoms with van der Waals surface area (Å²) in [5.74, 6) is -0.000296. The molecule has 0 radical (unpaired) electrons. The van der Waals surface area contributed by atoms with E-state index in [4.69, 9.17) is 10.9 Å². The van der Waals surface area contributed by atoms with Crippen molar-refractivity contribution in [3.8, 4) is 0 Å². The number of amidine groups is 1. The third-order valence-electron chi connectivity index (χ3n) is 2.65. The van der Waals surface area contributed by atoms with Crippen molar-refractivity contribution in [2.24, 2.45) is 10.9 Å². The van der Waals surface area contributed by atoms with E-state index in [1.165, 1.54) is 0 Å². The van der Waals surface area contributed by atoms with E-state index in [1.54, 1.807) is 18.2 Å². The summed E-state index contributed by atoms with van der Waals surface area (Å²) < 4.78 is 35.9. The lowest BCUT2D eigenvalue weighted by Crippen LogP contribution is -2.22. The summed E-state index contributed by atoms with van der Waals surface area (Å²) in [7, 11) is 0. The highest BCUT2D eigenvalue weighted by molar-refractivity contribution is 5.97. The zero-order valence-corrected chi connectivity index (χ0v) is 10.5. The Hall–Kier alpha value is -1.76. The van der Waals surface area contributed by atoms with Gasteiger partial charge in [-0.15, -0.1) is 0 Å². The molecule has 0 aliphatic carbocycles. The molecule has 0 saturated heterocycles. The summed E-state index contributed by atoms with van der Waals surface area (Å²) in [5.41, 5.74) is 7.75. The minimum absolute atomic E-state index is 0.000296. The number of alkyl halides is 3. The molecule has 7 heteroatoms. The van der Waals surface area contributed by atoms with Crippen LogP contribution in [0.2, 0.25) is 0 Å². The third-order valence-corrected chi connectivity index (χ3v) is 2.65. The molecular weight excluding hydrogens is 259 g/mol. The zero-order chi connectivity index (χ0) is 14.5. The highest BCUT2D eigenvalue weighted by atomic mass is 19.4. The Labute approximate surface area is 109 Å². The molecule has 0 heterocycles. The third kappa shape index (κ3) is 5.17. The number of nitrogens with zero attached hydrogens (tertiary/aromatic N) is 1. The maximum absolute atomic E-state index is 12.0. The number of benzene rings is 1. The summed E-state index contributed by atoms with van der Waals surface area (Å²) in [4.78, 5) is 0. The first-order chi connectivity index (χ1) is 8.83. The molecule has 1 aromatic rings. The largest absolute Gasteiger partial charge is 0.409 e. The van der Waals surface area contributed by atoms with Gasteiger partial charge >= 0.3 is 6.18 Å². The van der Waals surface area contributed by atoms with E-state index in [0.29, 0.717) is 12.1 Å². The van der Waals surface area contributed by atoms with Crippen molar-refractivity contribution in [1.82, 2.24) is 5.32 Å². The van der Waals surface area contributed by atoms with Gasteiger partial charge in [-0.05, 0) is 24.1 Å². The van der Waals surface area contributed by atoms with Crippen LogP contribution in [0.5, 0.6) is 0 Å². The van der Waals surface area contributed by atoms with E-state index in [9.17, 15) is 13.2 Å². The first kappa shape index (κ1) is 15.3. The van der Waals surface area contributed by atoms with Gasteiger partial charge in [0.1, 0.15) is 0 Å². The second-order valence-electron chi connectivity index (χ2n) is 4.17. The lowest BCUT2D eigenvalue weighted by molar-refractivity contribution is -0.133. The minimum atomic E-state index is -4.14. The number of nitrogens with one attached hydrogen (secondary N) is 1. The average Bonchev–Trinajstić information content (AvgIpc) is 2.33. The van der Waals surface area contributed by atoms with Crippen LogP contribution in [0.25, 0.3) is 0 Å². The molecule has 0 saturated carbocycles. The van der Waals surface area contributed by atoms with Gasteiger partial charge in [0.05, 0.1) is 6.42 Å². The standard InChI is InChI=1S/C12H16F3N3O/c1-8-6-9(11(16)18-19)2-3-10(8)7-17-5-4-12(13,14)15/h2-3,6,17,19H,4-5,7H2,1H3,(H2,16,18). The molecule has 4 N–H and O–H groups in total. The normalized spacial score (nSPS) is 12.7. The fraction of sp³-hybridized carbons (Fsp3) is 0.417. The topological polar surface area (TPSA) is 70.6 Å². The van der Waals surface area contributed by atoms with Crippen LogP contribution in [0.1, 0.15) is 23.1 Å². The van der Waals surface area contributed by atoms with Gasteiger partial charge in [0, 0.05) is 18.7 Å². The maximum atomic E-state index is 12.0. The average molecular weight is 275 g/mol. The van der Waals surface area contributed by atoms with Crippen LogP contribution in [0, 0.1) is 6.92 Å². The van der Waals surface area contributed by atoms with Crippen LogP contribution in [0.3, 0.4) is 0 Å². The molecule has 0 aliphatic heterocycles. The first-order valence-corrected chi connectivity index (χ1v) is 5.68. The van der Waals surface area contributed by atoms with Crippen LogP contribution in [-0.4, -0.2) is 23.8 Å². The number of halogens is 3. The van der Waals surface area contributed by atoms with Crippen molar-refractivity contribution >= 4 is 5.84 Å². The molecule has 106 valence electrons. The van der Waals surface area contributed by atoms with E-state index in [1.807, 2.05) is 6.92 Å². The van der Waals surface area contributed by atoms with Gasteiger partial charge in [-0.2, -0.15) is 13.2 Å². The van der Waals surface area contributed by atoms with Crippen molar-refractivity contribution in [3.63, 3.8) is 0 Å². The fourth-order valence-electron chi connectivity index (χ4n) is 1.56. The molecule has 0 aromatic heterocycles. The highest BCUT2D eigenvalue weighted by Gasteiger charge is 2.25. The van der Waals surface area contributed by atoms with Crippen LogP contribution < -0.4 is 11.1 Å². The molecule has 0 fully saturated rings. The summed E-state index contributed by atoms with van der Waals surface area (Å²) in [6, 6.07) is 5.11. The van der Waals surface area contributed by atoms with Gasteiger partial charge in [0.25, 0.3) is 0 Å². The van der Waals surface area contributed by atoms with Gasteiger partial charge in [0.15, 0.2) is 5.84 Å². The Bertz CT molecular complexity index is 458. The summed E-state index contributed by atoms with van der Waals surface area (Å²) in [6.45, 7) is 2.04.